The number of rotatable bonds is 5. The summed E-state index contributed by atoms with van der Waals surface area (Å²) in [4.78, 5) is 40.5. The van der Waals surface area contributed by atoms with E-state index in [-0.39, 0.29) is 34.1 Å². The molecule has 2 aromatic heterocycles. The first-order chi connectivity index (χ1) is 12.9. The predicted molar refractivity (Wildman–Crippen MR) is 92.1 cm³/mol. The molecule has 0 saturated carbocycles. The lowest BCUT2D eigenvalue weighted by Crippen LogP contribution is -2.28. The van der Waals surface area contributed by atoms with Crippen molar-refractivity contribution in [2.24, 2.45) is 0 Å². The maximum absolute atomic E-state index is 13.2. The van der Waals surface area contributed by atoms with Crippen molar-refractivity contribution in [3.63, 3.8) is 0 Å². The second-order valence-electron chi connectivity index (χ2n) is 5.29. The van der Waals surface area contributed by atoms with Crippen LogP contribution >= 0.6 is 11.6 Å². The van der Waals surface area contributed by atoms with Crippen LogP contribution in [0.5, 0.6) is 0 Å². The Labute approximate surface area is 155 Å². The van der Waals surface area contributed by atoms with Gasteiger partial charge in [0.05, 0.1) is 11.6 Å². The van der Waals surface area contributed by atoms with Crippen molar-refractivity contribution in [2.45, 2.75) is 13.5 Å². The molecule has 0 bridgehead atoms. The molecular weight excluding hydrogens is 383 g/mol. The Balaban J connectivity index is 1.86. The molecule has 2 heterocycles. The van der Waals surface area contributed by atoms with Crippen LogP contribution in [0.2, 0.25) is 5.02 Å². The van der Waals surface area contributed by atoms with Crippen LogP contribution in [0.3, 0.4) is 0 Å². The van der Waals surface area contributed by atoms with E-state index in [1.54, 1.807) is 6.92 Å². The predicted octanol–water partition coefficient (Wildman–Crippen LogP) is 1.99. The van der Waals surface area contributed by atoms with Gasteiger partial charge in [0.2, 0.25) is 11.6 Å². The fourth-order valence-electron chi connectivity index (χ4n) is 2.26. The number of hydrogen-bond acceptors (Lipinski definition) is 7. The minimum Gasteiger partial charge on any atom is -0.461 e. The normalized spacial score (nSPS) is 10.8. The standard InChI is InChI=1S/C16H12ClFN4O5/c1-2-26-16(25)13-12-14(27-21-13)19-7-22(15(12)24)6-11(23)20-8-3-4-10(18)9(17)5-8/h3-5,7H,2,6H2,1H3,(H,20,23). The Kier molecular flexibility index (Phi) is 5.17. The van der Waals surface area contributed by atoms with Gasteiger partial charge in [0.1, 0.15) is 24.1 Å². The molecule has 1 aromatic carbocycles. The molecule has 11 heteroatoms. The van der Waals surface area contributed by atoms with E-state index < -0.39 is 29.8 Å². The summed E-state index contributed by atoms with van der Waals surface area (Å²) in [5, 5.41) is 5.64. The fraction of sp³-hybridized carbons (Fsp3) is 0.188. The van der Waals surface area contributed by atoms with Gasteiger partial charge in [-0.05, 0) is 25.1 Å². The third kappa shape index (κ3) is 3.80. The van der Waals surface area contributed by atoms with Crippen molar-refractivity contribution in [1.29, 1.82) is 0 Å². The number of carbonyl (C=O) groups is 2. The minimum absolute atomic E-state index is 0.0876. The summed E-state index contributed by atoms with van der Waals surface area (Å²) < 4.78 is 23.8. The molecule has 9 nitrogen and oxygen atoms in total. The van der Waals surface area contributed by atoms with Gasteiger partial charge in [-0.25, -0.2) is 14.2 Å². The highest BCUT2D eigenvalue weighted by molar-refractivity contribution is 6.31. The average Bonchev–Trinajstić information content (AvgIpc) is 3.06. The summed E-state index contributed by atoms with van der Waals surface area (Å²) in [6.07, 6.45) is 1.09. The molecule has 1 N–H and O–H groups in total. The van der Waals surface area contributed by atoms with E-state index in [4.69, 9.17) is 20.9 Å². The molecule has 27 heavy (non-hydrogen) atoms. The largest absolute Gasteiger partial charge is 0.461 e. The summed E-state index contributed by atoms with van der Waals surface area (Å²) in [5.41, 5.74) is -0.906. The molecule has 0 unspecified atom stereocenters. The zero-order valence-electron chi connectivity index (χ0n) is 13.9. The van der Waals surface area contributed by atoms with Crippen molar-refractivity contribution in [3.8, 4) is 0 Å². The van der Waals surface area contributed by atoms with Gasteiger partial charge in [-0.1, -0.05) is 16.8 Å². The van der Waals surface area contributed by atoms with Gasteiger partial charge in [0, 0.05) is 5.69 Å². The van der Waals surface area contributed by atoms with Crippen LogP contribution in [-0.2, 0) is 16.1 Å². The number of nitrogens with zero attached hydrogens (tertiary/aromatic N) is 3. The molecule has 3 aromatic rings. The van der Waals surface area contributed by atoms with Crippen LogP contribution in [0.4, 0.5) is 10.1 Å². The Morgan fingerprint density at radius 2 is 2.19 bits per heavy atom. The number of aromatic nitrogens is 3. The van der Waals surface area contributed by atoms with Crippen LogP contribution < -0.4 is 10.9 Å². The van der Waals surface area contributed by atoms with E-state index in [1.807, 2.05) is 0 Å². The highest BCUT2D eigenvalue weighted by Gasteiger charge is 2.22. The van der Waals surface area contributed by atoms with E-state index in [1.165, 1.54) is 12.1 Å². The number of hydrogen-bond donors (Lipinski definition) is 1. The number of nitrogens with one attached hydrogen (secondary N) is 1. The number of amides is 1. The zero-order chi connectivity index (χ0) is 19.6. The Morgan fingerprint density at radius 1 is 1.41 bits per heavy atom. The molecule has 0 spiro atoms. The van der Waals surface area contributed by atoms with Gasteiger partial charge in [-0.3, -0.25) is 14.2 Å². The van der Waals surface area contributed by atoms with Crippen molar-refractivity contribution >= 4 is 40.3 Å². The lowest BCUT2D eigenvalue weighted by atomic mass is 10.3. The third-order valence-electron chi connectivity index (χ3n) is 3.45. The summed E-state index contributed by atoms with van der Waals surface area (Å²) in [6.45, 7) is 1.28. The Hall–Kier alpha value is -3.27. The molecule has 0 atom stereocenters. The van der Waals surface area contributed by atoms with Gasteiger partial charge < -0.3 is 14.6 Å². The highest BCUT2D eigenvalue weighted by atomic mass is 35.5. The lowest BCUT2D eigenvalue weighted by Gasteiger charge is -2.07. The number of fused-ring (bicyclic) bond motifs is 1. The summed E-state index contributed by atoms with van der Waals surface area (Å²) in [6, 6.07) is 3.65. The first-order valence-electron chi connectivity index (χ1n) is 7.67. The molecular formula is C16H12ClFN4O5. The minimum atomic E-state index is -0.835. The van der Waals surface area contributed by atoms with Crippen LogP contribution in [0, 0.1) is 5.82 Å². The molecule has 0 saturated heterocycles. The molecule has 140 valence electrons. The summed E-state index contributed by atoms with van der Waals surface area (Å²) in [7, 11) is 0. The topological polar surface area (TPSA) is 116 Å². The Morgan fingerprint density at radius 3 is 2.89 bits per heavy atom. The SMILES string of the molecule is CCOC(=O)c1noc2ncn(CC(=O)Nc3ccc(F)c(Cl)c3)c(=O)c12. The molecule has 0 aliphatic rings. The van der Waals surface area contributed by atoms with Crippen LogP contribution in [0.1, 0.15) is 17.4 Å². The van der Waals surface area contributed by atoms with Gasteiger partial charge >= 0.3 is 5.97 Å². The lowest BCUT2D eigenvalue weighted by molar-refractivity contribution is -0.116. The summed E-state index contributed by atoms with van der Waals surface area (Å²) >= 11 is 5.66. The third-order valence-corrected chi connectivity index (χ3v) is 3.74. The monoisotopic (exact) mass is 394 g/mol. The molecule has 0 fully saturated rings. The maximum Gasteiger partial charge on any atom is 0.361 e. The van der Waals surface area contributed by atoms with Crippen molar-refractivity contribution < 1.29 is 23.2 Å². The van der Waals surface area contributed by atoms with E-state index in [0.717, 1.165) is 17.0 Å². The van der Waals surface area contributed by atoms with Gasteiger partial charge in [0.25, 0.3) is 11.3 Å². The van der Waals surface area contributed by atoms with Crippen molar-refractivity contribution in [2.75, 3.05) is 11.9 Å². The number of halogens is 2. The molecule has 0 radical (unpaired) electrons. The van der Waals surface area contributed by atoms with E-state index in [2.05, 4.69) is 15.5 Å². The zero-order valence-corrected chi connectivity index (χ0v) is 14.6. The van der Waals surface area contributed by atoms with Gasteiger partial charge in [-0.15, -0.1) is 0 Å². The van der Waals surface area contributed by atoms with E-state index >= 15 is 0 Å². The second kappa shape index (κ2) is 7.54. The fourth-order valence-corrected chi connectivity index (χ4v) is 2.44. The van der Waals surface area contributed by atoms with Gasteiger partial charge in [0.15, 0.2) is 0 Å². The van der Waals surface area contributed by atoms with E-state index in [0.29, 0.717) is 0 Å². The maximum atomic E-state index is 13.2. The number of esters is 1. The molecule has 0 aliphatic carbocycles. The van der Waals surface area contributed by atoms with Crippen LogP contribution in [0.25, 0.3) is 11.1 Å². The smallest absolute Gasteiger partial charge is 0.361 e. The average molecular weight is 395 g/mol. The van der Waals surface area contributed by atoms with Crippen LogP contribution in [-0.4, -0.2) is 33.2 Å². The van der Waals surface area contributed by atoms with Crippen molar-refractivity contribution in [1.82, 2.24) is 14.7 Å². The molecule has 1 amide bonds. The quantitative estimate of drug-likeness (QED) is 0.657. The van der Waals surface area contributed by atoms with Crippen molar-refractivity contribution in [3.05, 3.63) is 51.4 Å². The number of benzene rings is 1. The molecule has 0 aliphatic heterocycles. The number of ether oxygens (including phenoxy) is 1. The Bertz CT molecular complexity index is 1090. The highest BCUT2D eigenvalue weighted by Crippen LogP contribution is 2.19. The summed E-state index contributed by atoms with van der Waals surface area (Å²) in [5.74, 6) is -2.05. The van der Waals surface area contributed by atoms with E-state index in [9.17, 15) is 18.8 Å². The second-order valence-corrected chi connectivity index (χ2v) is 5.69. The first kappa shape index (κ1) is 18.5. The number of carbonyl (C=O) groups excluding carboxylic acids is 2. The number of anilines is 1. The first-order valence-corrected chi connectivity index (χ1v) is 8.05. The van der Waals surface area contributed by atoms with Gasteiger partial charge in [-0.2, -0.15) is 0 Å². The molecule has 3 rings (SSSR count). The van der Waals surface area contributed by atoms with Crippen LogP contribution in [0.15, 0.2) is 33.8 Å².